The van der Waals surface area contributed by atoms with Crippen LogP contribution in [0, 0.1) is 16.1 Å². The number of aromatic nitrogens is 2. The molecule has 1 aliphatic rings. The number of rotatable bonds is 10. The Balaban J connectivity index is 1.58. The van der Waals surface area contributed by atoms with Crippen molar-refractivity contribution in [2.75, 3.05) is 19.4 Å². The van der Waals surface area contributed by atoms with E-state index < -0.39 is 55.7 Å². The monoisotopic (exact) mass is 620 g/mol. The van der Waals surface area contributed by atoms with Crippen molar-refractivity contribution < 1.29 is 38.1 Å². The van der Waals surface area contributed by atoms with Crippen molar-refractivity contribution in [3.8, 4) is 5.75 Å². The van der Waals surface area contributed by atoms with Gasteiger partial charge in [0, 0.05) is 17.6 Å². The highest BCUT2D eigenvalue weighted by Gasteiger charge is 2.53. The first kappa shape index (κ1) is 32.1. The number of aromatic amines is 1. The Kier molecular flexibility index (Phi) is 9.46. The van der Waals surface area contributed by atoms with E-state index in [9.17, 15) is 24.4 Å². The molecule has 42 heavy (non-hydrogen) atoms. The van der Waals surface area contributed by atoms with Crippen LogP contribution in [0.25, 0.3) is 10.8 Å². The molecule has 11 nitrogen and oxygen atoms in total. The molecular formula is C29H37N2O9PS. The maximum absolute atomic E-state index is 14.3. The molecule has 13 heteroatoms. The number of carbonyl (C=O) groups is 1. The summed E-state index contributed by atoms with van der Waals surface area (Å²) in [5, 5.41) is 23.6. The number of nitrogens with one attached hydrogen (secondary N) is 1. The van der Waals surface area contributed by atoms with Crippen molar-refractivity contribution in [2.45, 2.75) is 58.7 Å². The van der Waals surface area contributed by atoms with Gasteiger partial charge in [0.2, 0.25) is 0 Å². The Labute approximate surface area is 248 Å². The van der Waals surface area contributed by atoms with Crippen LogP contribution in [0.15, 0.2) is 59.5 Å². The van der Waals surface area contributed by atoms with Gasteiger partial charge in [0.25, 0.3) is 5.56 Å². The Hall–Kier alpha value is -2.86. The number of H-pyrrole nitrogens is 1. The Morgan fingerprint density at radius 2 is 1.90 bits per heavy atom. The first-order chi connectivity index (χ1) is 19.6. The van der Waals surface area contributed by atoms with Gasteiger partial charge in [-0.3, -0.25) is 23.7 Å². The van der Waals surface area contributed by atoms with Crippen LogP contribution < -0.4 is 10.1 Å². The number of esters is 1. The molecular weight excluding hydrogens is 583 g/mol. The van der Waals surface area contributed by atoms with Gasteiger partial charge in [-0.25, -0.2) is 4.57 Å². The molecule has 0 saturated carbocycles. The van der Waals surface area contributed by atoms with E-state index in [-0.39, 0.29) is 23.0 Å². The molecule has 3 N–H and O–H groups in total. The maximum Gasteiger partial charge on any atom is 0.380 e. The zero-order chi connectivity index (χ0) is 30.9. The lowest BCUT2D eigenvalue weighted by molar-refractivity contribution is -0.150. The van der Waals surface area contributed by atoms with Gasteiger partial charge in [0.15, 0.2) is 11.0 Å². The SMILES string of the molecule is C[C@H](C[P@@](=O)(OC[C@H]1O[C@@H](n2ccc(=O)[nH]c2=S)C(C)(O)[C@H]1O)Oc1cccc2ccccc12)C(=O)OCC(C)(C)C. The molecule has 2 aromatic carbocycles. The van der Waals surface area contributed by atoms with Crippen molar-refractivity contribution in [2.24, 2.45) is 11.3 Å². The smallest absolute Gasteiger partial charge is 0.380 e. The highest BCUT2D eigenvalue weighted by molar-refractivity contribution is 7.71. The summed E-state index contributed by atoms with van der Waals surface area (Å²) in [6.45, 7) is 8.45. The molecule has 3 aromatic rings. The largest absolute Gasteiger partial charge is 0.465 e. The van der Waals surface area contributed by atoms with Crippen LogP contribution >= 0.6 is 19.8 Å². The first-order valence-corrected chi connectivity index (χ1v) is 15.7. The molecule has 1 unspecified atom stereocenters. The Morgan fingerprint density at radius 3 is 2.60 bits per heavy atom. The number of aliphatic hydroxyl groups excluding tert-OH is 1. The summed E-state index contributed by atoms with van der Waals surface area (Å²) < 4.78 is 38.8. The lowest BCUT2D eigenvalue weighted by Crippen LogP contribution is -2.44. The van der Waals surface area contributed by atoms with E-state index >= 15 is 0 Å². The second-order valence-corrected chi connectivity index (χ2v) is 14.4. The Morgan fingerprint density at radius 1 is 1.21 bits per heavy atom. The molecule has 4 rings (SSSR count). The number of ether oxygens (including phenoxy) is 2. The molecule has 1 saturated heterocycles. The van der Waals surface area contributed by atoms with Crippen molar-refractivity contribution in [1.82, 2.24) is 9.55 Å². The van der Waals surface area contributed by atoms with Crippen LogP contribution in [0.5, 0.6) is 5.75 Å². The average molecular weight is 621 g/mol. The molecule has 0 bridgehead atoms. The molecule has 1 fully saturated rings. The third-order valence-electron chi connectivity index (χ3n) is 6.83. The number of hydrogen-bond acceptors (Lipinski definition) is 10. The molecule has 1 aliphatic heterocycles. The fourth-order valence-corrected chi connectivity index (χ4v) is 6.70. The molecule has 0 spiro atoms. The molecule has 0 radical (unpaired) electrons. The van der Waals surface area contributed by atoms with Gasteiger partial charge >= 0.3 is 13.6 Å². The number of hydrogen-bond donors (Lipinski definition) is 3. The third kappa shape index (κ3) is 7.37. The summed E-state index contributed by atoms with van der Waals surface area (Å²) in [6.07, 6.45) is -2.80. The minimum atomic E-state index is -4.10. The molecule has 2 heterocycles. The number of fused-ring (bicyclic) bond motifs is 1. The molecule has 1 aromatic heterocycles. The lowest BCUT2D eigenvalue weighted by Gasteiger charge is -2.28. The van der Waals surface area contributed by atoms with Gasteiger partial charge in [0.1, 0.15) is 23.6 Å². The van der Waals surface area contributed by atoms with Gasteiger partial charge in [-0.05, 0) is 36.0 Å². The van der Waals surface area contributed by atoms with Gasteiger partial charge in [-0.2, -0.15) is 0 Å². The summed E-state index contributed by atoms with van der Waals surface area (Å²) in [4.78, 5) is 26.9. The minimum absolute atomic E-state index is 0.0194. The molecule has 6 atom stereocenters. The number of carbonyl (C=O) groups excluding carboxylic acids is 1. The van der Waals surface area contributed by atoms with Gasteiger partial charge in [-0.1, -0.05) is 64.1 Å². The summed E-state index contributed by atoms with van der Waals surface area (Å²) in [5.74, 6) is -1.11. The predicted octanol–water partition coefficient (Wildman–Crippen LogP) is 4.58. The second kappa shape index (κ2) is 12.4. The number of nitrogens with zero attached hydrogens (tertiary/aromatic N) is 1. The summed E-state index contributed by atoms with van der Waals surface area (Å²) in [7, 11) is -4.10. The molecule has 0 aliphatic carbocycles. The summed E-state index contributed by atoms with van der Waals surface area (Å²) in [5.41, 5.74) is -2.54. The van der Waals surface area contributed by atoms with E-state index in [1.807, 2.05) is 51.1 Å². The third-order valence-corrected chi connectivity index (χ3v) is 9.15. The van der Waals surface area contributed by atoms with Crippen molar-refractivity contribution in [3.05, 3.63) is 69.9 Å². The van der Waals surface area contributed by atoms with E-state index in [0.29, 0.717) is 11.1 Å². The van der Waals surface area contributed by atoms with Crippen LogP contribution in [-0.4, -0.2) is 62.9 Å². The van der Waals surface area contributed by atoms with Crippen molar-refractivity contribution in [3.63, 3.8) is 0 Å². The second-order valence-electron chi connectivity index (χ2n) is 11.9. The zero-order valence-corrected chi connectivity index (χ0v) is 25.9. The fraction of sp³-hybridized carbons (Fsp3) is 0.483. The number of benzene rings is 2. The maximum atomic E-state index is 14.3. The molecule has 0 amide bonds. The lowest BCUT2D eigenvalue weighted by atomic mass is 9.96. The highest BCUT2D eigenvalue weighted by Crippen LogP contribution is 2.52. The van der Waals surface area contributed by atoms with Crippen LogP contribution in [0.1, 0.15) is 40.8 Å². The van der Waals surface area contributed by atoms with Crippen LogP contribution in [-0.2, 0) is 23.4 Å². The van der Waals surface area contributed by atoms with E-state index in [4.69, 9.17) is 30.7 Å². The number of aliphatic hydroxyl groups is 2. The predicted molar refractivity (Wildman–Crippen MR) is 159 cm³/mol. The summed E-state index contributed by atoms with van der Waals surface area (Å²) >= 11 is 5.20. The van der Waals surface area contributed by atoms with Crippen LogP contribution in [0.3, 0.4) is 0 Å². The van der Waals surface area contributed by atoms with Gasteiger partial charge < -0.3 is 24.2 Å². The fourth-order valence-electron chi connectivity index (χ4n) is 4.56. The first-order valence-electron chi connectivity index (χ1n) is 13.5. The topological polar surface area (TPSA) is 149 Å². The van der Waals surface area contributed by atoms with Crippen LogP contribution in [0.4, 0.5) is 0 Å². The molecule has 228 valence electrons. The Bertz CT molecular complexity index is 1590. The van der Waals surface area contributed by atoms with E-state index in [0.717, 1.165) is 5.39 Å². The highest BCUT2D eigenvalue weighted by atomic mass is 32.1. The van der Waals surface area contributed by atoms with E-state index in [2.05, 4.69) is 4.98 Å². The van der Waals surface area contributed by atoms with Crippen molar-refractivity contribution >= 4 is 36.6 Å². The standard InChI is InChI=1S/C29H37N2O9PS/c1-18(25(34)37-17-28(2,3)4)16-41(36,40-21-12-8-10-19-9-6-7-11-20(19)21)38-15-22-24(33)29(5,35)26(39-22)31-14-13-23(32)30-27(31)42/h6-14,18,22,24,26,33,35H,15-17H2,1-5H3,(H,30,32,42)/t18-,22-,24+,26-,29?,41-/m1/s1. The van der Waals surface area contributed by atoms with Gasteiger partial charge in [-0.15, -0.1) is 0 Å². The summed E-state index contributed by atoms with van der Waals surface area (Å²) in [6, 6.07) is 13.9. The zero-order valence-electron chi connectivity index (χ0n) is 24.2. The average Bonchev–Trinajstić information content (AvgIpc) is 3.14. The van der Waals surface area contributed by atoms with E-state index in [1.165, 1.54) is 23.8 Å². The quantitative estimate of drug-likeness (QED) is 0.167. The van der Waals surface area contributed by atoms with Crippen LogP contribution in [0.2, 0.25) is 0 Å². The van der Waals surface area contributed by atoms with Crippen molar-refractivity contribution in [1.29, 1.82) is 0 Å². The van der Waals surface area contributed by atoms with Gasteiger partial charge in [0.05, 0.1) is 25.3 Å². The normalized spacial score (nSPS) is 24.7. The van der Waals surface area contributed by atoms with E-state index in [1.54, 1.807) is 19.1 Å². The minimum Gasteiger partial charge on any atom is -0.465 e.